The zero-order valence-electron chi connectivity index (χ0n) is 5.67. The van der Waals surface area contributed by atoms with E-state index < -0.39 is 25.6 Å². The first-order valence-electron chi connectivity index (χ1n) is 2.69. The molecule has 0 radical (unpaired) electrons. The van der Waals surface area contributed by atoms with Crippen LogP contribution < -0.4 is 0 Å². The summed E-state index contributed by atoms with van der Waals surface area (Å²) in [5.41, 5.74) is 0. The van der Waals surface area contributed by atoms with Gasteiger partial charge in [-0.2, -0.15) is 21.6 Å². The van der Waals surface area contributed by atoms with Gasteiger partial charge in [-0.15, -0.1) is 0 Å². The van der Waals surface area contributed by atoms with Gasteiger partial charge in [0.2, 0.25) is 0 Å². The fraction of sp³-hybridized carbons (Fsp3) is 0.250. The molecule has 1 aromatic heterocycles. The van der Waals surface area contributed by atoms with Gasteiger partial charge >= 0.3 is 16.4 Å². The molecule has 0 fully saturated rings. The minimum Gasteiger partial charge on any atom is -0.239 e. The molecule has 1 rings (SSSR count). The van der Waals surface area contributed by atoms with Crippen molar-refractivity contribution in [2.75, 3.05) is 0 Å². The van der Waals surface area contributed by atoms with Gasteiger partial charge < -0.3 is 0 Å². The van der Waals surface area contributed by atoms with Crippen LogP contribution in [-0.2, 0) is 16.4 Å². The van der Waals surface area contributed by atoms with Crippen LogP contribution in [0.1, 0.15) is 5.01 Å². The molecule has 0 aliphatic rings. The minimum absolute atomic E-state index is 0.252. The summed E-state index contributed by atoms with van der Waals surface area (Å²) in [6, 6.07) is 0. The molecule has 0 aliphatic heterocycles. The Morgan fingerprint density at radius 2 is 1.92 bits per heavy atom. The number of aromatic nitrogens is 1. The van der Waals surface area contributed by atoms with E-state index in [1.165, 1.54) is 0 Å². The van der Waals surface area contributed by atoms with Crippen LogP contribution >= 0.6 is 11.3 Å². The van der Waals surface area contributed by atoms with Gasteiger partial charge in [0.25, 0.3) is 0 Å². The van der Waals surface area contributed by atoms with Crippen molar-refractivity contribution in [3.8, 4) is 0 Å². The maximum Gasteiger partial charge on any atom is 0.443 e. The molecule has 1 aromatic rings. The van der Waals surface area contributed by atoms with Gasteiger partial charge in [0.15, 0.2) is 9.22 Å². The zero-order chi connectivity index (χ0) is 10.3. The molecule has 1 heterocycles. The van der Waals surface area contributed by atoms with E-state index in [1.807, 2.05) is 0 Å². The van der Waals surface area contributed by atoms with Crippen LogP contribution in [0.4, 0.5) is 17.1 Å². The first-order chi connectivity index (χ1) is 5.71. The predicted molar refractivity (Wildman–Crippen MR) is 35.4 cm³/mol. The number of hydrogen-bond donors (Lipinski definition) is 0. The van der Waals surface area contributed by atoms with E-state index in [-0.39, 0.29) is 11.3 Å². The average molecular weight is 235 g/mol. The lowest BCUT2D eigenvalue weighted by Gasteiger charge is -1.98. The molecule has 0 bridgehead atoms. The van der Waals surface area contributed by atoms with Gasteiger partial charge in [-0.25, -0.2) is 4.98 Å². The van der Waals surface area contributed by atoms with Crippen molar-refractivity contribution < 1.29 is 25.5 Å². The Bertz CT molecular complexity index is 406. The standard InChI is InChI=1S/C4HF4NO2S2/c5-4(6,7)3-9-1-2(12-3)13(8,10)11/h1H. The molecule has 0 N–H and O–H groups in total. The van der Waals surface area contributed by atoms with Crippen molar-refractivity contribution in [2.24, 2.45) is 0 Å². The molecule has 0 aliphatic carbocycles. The minimum atomic E-state index is -5.09. The summed E-state index contributed by atoms with van der Waals surface area (Å²) in [4.78, 5) is 2.73. The summed E-state index contributed by atoms with van der Waals surface area (Å²) in [5, 5.41) is -1.39. The van der Waals surface area contributed by atoms with Gasteiger partial charge in [-0.05, 0) is 0 Å². The highest BCUT2D eigenvalue weighted by Crippen LogP contribution is 2.34. The van der Waals surface area contributed by atoms with E-state index in [0.29, 0.717) is 6.20 Å². The van der Waals surface area contributed by atoms with Crippen molar-refractivity contribution in [1.82, 2.24) is 4.98 Å². The molecule has 0 aromatic carbocycles. The average Bonchev–Trinajstić information content (AvgIpc) is 2.28. The van der Waals surface area contributed by atoms with Crippen molar-refractivity contribution >= 4 is 21.6 Å². The number of halogens is 4. The maximum absolute atomic E-state index is 12.1. The maximum atomic E-state index is 12.1. The highest BCUT2D eigenvalue weighted by atomic mass is 32.3. The molecule has 3 nitrogen and oxygen atoms in total. The number of hydrogen-bond acceptors (Lipinski definition) is 4. The Balaban J connectivity index is 3.16. The summed E-state index contributed by atoms with van der Waals surface area (Å²) >= 11 is -0.252. The quantitative estimate of drug-likeness (QED) is 0.551. The van der Waals surface area contributed by atoms with E-state index in [2.05, 4.69) is 4.98 Å². The van der Waals surface area contributed by atoms with Crippen LogP contribution in [-0.4, -0.2) is 13.4 Å². The molecule has 0 unspecified atom stereocenters. The van der Waals surface area contributed by atoms with Gasteiger partial charge in [-0.3, -0.25) is 0 Å². The van der Waals surface area contributed by atoms with Gasteiger partial charge in [0.05, 0.1) is 6.20 Å². The SMILES string of the molecule is O=S(=O)(F)c1cnc(C(F)(F)F)s1. The number of rotatable bonds is 1. The normalized spacial score (nSPS) is 13.2. The second-order valence-electron chi connectivity index (χ2n) is 1.92. The van der Waals surface area contributed by atoms with Crippen molar-refractivity contribution in [3.05, 3.63) is 11.2 Å². The molecular weight excluding hydrogens is 234 g/mol. The van der Waals surface area contributed by atoms with Gasteiger partial charge in [-0.1, -0.05) is 15.2 Å². The van der Waals surface area contributed by atoms with E-state index in [4.69, 9.17) is 0 Å². The summed E-state index contributed by atoms with van der Waals surface area (Å²) in [6.07, 6.45) is -4.41. The third-order valence-corrected chi connectivity index (χ3v) is 3.24. The molecule has 0 saturated heterocycles. The first kappa shape index (κ1) is 10.4. The largest absolute Gasteiger partial charge is 0.443 e. The molecule has 0 atom stereocenters. The fourth-order valence-electron chi connectivity index (χ4n) is 0.503. The van der Waals surface area contributed by atoms with Crippen LogP contribution in [0.2, 0.25) is 0 Å². The lowest BCUT2D eigenvalue weighted by molar-refractivity contribution is -0.137. The Labute approximate surface area is 74.2 Å². The third-order valence-electron chi connectivity index (χ3n) is 0.967. The van der Waals surface area contributed by atoms with E-state index in [1.54, 1.807) is 0 Å². The van der Waals surface area contributed by atoms with E-state index in [9.17, 15) is 25.5 Å². The van der Waals surface area contributed by atoms with Crippen molar-refractivity contribution in [2.45, 2.75) is 10.4 Å². The molecular formula is C4HF4NO2S2. The summed E-state index contributed by atoms with van der Waals surface area (Å²) < 4.78 is 66.7. The zero-order valence-corrected chi connectivity index (χ0v) is 7.30. The Hall–Kier alpha value is -0.700. The van der Waals surface area contributed by atoms with Crippen LogP contribution in [0.5, 0.6) is 0 Å². The van der Waals surface area contributed by atoms with Crippen molar-refractivity contribution in [1.29, 1.82) is 0 Å². The molecule has 0 saturated carbocycles. The van der Waals surface area contributed by atoms with E-state index in [0.717, 1.165) is 0 Å². The summed E-state index contributed by atoms with van der Waals surface area (Å²) in [5.74, 6) is 0. The number of nitrogens with zero attached hydrogens (tertiary/aromatic N) is 1. The fourth-order valence-corrected chi connectivity index (χ4v) is 1.83. The molecule has 0 spiro atoms. The summed E-state index contributed by atoms with van der Waals surface area (Å²) in [7, 11) is -5.09. The monoisotopic (exact) mass is 235 g/mol. The predicted octanol–water partition coefficient (Wildman–Crippen LogP) is 1.82. The van der Waals surface area contributed by atoms with Crippen LogP contribution in [0.25, 0.3) is 0 Å². The van der Waals surface area contributed by atoms with Crippen LogP contribution in [0.3, 0.4) is 0 Å². The van der Waals surface area contributed by atoms with Crippen LogP contribution in [0.15, 0.2) is 10.4 Å². The van der Waals surface area contributed by atoms with Crippen molar-refractivity contribution in [3.63, 3.8) is 0 Å². The lowest BCUT2D eigenvalue weighted by atomic mass is 10.7. The smallest absolute Gasteiger partial charge is 0.239 e. The summed E-state index contributed by atoms with van der Waals surface area (Å²) in [6.45, 7) is 0. The molecule has 74 valence electrons. The van der Waals surface area contributed by atoms with Crippen LogP contribution in [0, 0.1) is 0 Å². The molecule has 9 heteroatoms. The van der Waals surface area contributed by atoms with E-state index >= 15 is 0 Å². The first-order valence-corrected chi connectivity index (χ1v) is 4.89. The highest BCUT2D eigenvalue weighted by molar-refractivity contribution is 7.88. The van der Waals surface area contributed by atoms with Gasteiger partial charge in [0, 0.05) is 0 Å². The Kier molecular flexibility index (Phi) is 2.32. The highest BCUT2D eigenvalue weighted by Gasteiger charge is 2.36. The molecule has 13 heavy (non-hydrogen) atoms. The van der Waals surface area contributed by atoms with Gasteiger partial charge in [0.1, 0.15) is 0 Å². The molecule has 0 amide bonds. The third kappa shape index (κ3) is 2.37. The second-order valence-corrected chi connectivity index (χ2v) is 4.52. The Morgan fingerprint density at radius 1 is 1.38 bits per heavy atom. The Morgan fingerprint density at radius 3 is 2.15 bits per heavy atom. The topological polar surface area (TPSA) is 47.0 Å². The second kappa shape index (κ2) is 2.91. The number of alkyl halides is 3. The number of thiazole rings is 1. The lowest BCUT2D eigenvalue weighted by Crippen LogP contribution is -2.02.